The smallest absolute Gasteiger partial charge is 0.264 e. The number of amides is 1. The number of benzene rings is 1. The number of hydrogen-bond donors (Lipinski definition) is 0. The summed E-state index contributed by atoms with van der Waals surface area (Å²) in [4.78, 5) is 17.9. The zero-order valence-corrected chi connectivity index (χ0v) is 13.7. The third-order valence-corrected chi connectivity index (χ3v) is 4.50. The lowest BCUT2D eigenvalue weighted by Gasteiger charge is -2.16. The number of carbonyl (C=O) groups excluding carboxylic acids is 1. The van der Waals surface area contributed by atoms with Gasteiger partial charge >= 0.3 is 0 Å². The molecule has 1 amide bonds. The zero-order valence-electron chi connectivity index (χ0n) is 12.8. The van der Waals surface area contributed by atoms with Gasteiger partial charge in [0.2, 0.25) is 11.7 Å². The van der Waals surface area contributed by atoms with Gasteiger partial charge in [-0.05, 0) is 30.0 Å². The molecule has 1 aliphatic rings. The highest BCUT2D eigenvalue weighted by molar-refractivity contribution is 7.08. The predicted octanol–water partition coefficient (Wildman–Crippen LogP) is 3.50. The molecule has 1 aromatic carbocycles. The molecular weight excluding hydrogens is 326 g/mol. The van der Waals surface area contributed by atoms with Gasteiger partial charge in [-0.2, -0.15) is 16.3 Å². The number of carbonyl (C=O) groups is 1. The van der Waals surface area contributed by atoms with Crippen LogP contribution in [0.3, 0.4) is 0 Å². The lowest BCUT2D eigenvalue weighted by Crippen LogP contribution is -2.23. The van der Waals surface area contributed by atoms with Gasteiger partial charge in [0, 0.05) is 35.7 Å². The van der Waals surface area contributed by atoms with E-state index in [0.29, 0.717) is 23.9 Å². The van der Waals surface area contributed by atoms with E-state index in [1.54, 1.807) is 16.2 Å². The van der Waals surface area contributed by atoms with E-state index in [-0.39, 0.29) is 12.5 Å². The topological polar surface area (TPSA) is 68.5 Å². The third kappa shape index (κ3) is 3.03. The maximum Gasteiger partial charge on any atom is 0.264 e. The van der Waals surface area contributed by atoms with Gasteiger partial charge in [-0.3, -0.25) is 4.79 Å². The highest BCUT2D eigenvalue weighted by Gasteiger charge is 2.21. The van der Waals surface area contributed by atoms with Crippen molar-refractivity contribution in [3.8, 4) is 17.1 Å². The van der Waals surface area contributed by atoms with Gasteiger partial charge in [-0.1, -0.05) is 11.2 Å². The SMILES string of the molecule is O=C1CCCN1c1cccc(OCc2nc(-c3ccsc3)no2)c1. The summed E-state index contributed by atoms with van der Waals surface area (Å²) >= 11 is 1.58. The van der Waals surface area contributed by atoms with Crippen LogP contribution in [0.1, 0.15) is 18.7 Å². The van der Waals surface area contributed by atoms with E-state index < -0.39 is 0 Å². The first kappa shape index (κ1) is 14.9. The molecule has 6 nitrogen and oxygen atoms in total. The maximum atomic E-state index is 11.8. The van der Waals surface area contributed by atoms with Crippen molar-refractivity contribution in [2.45, 2.75) is 19.4 Å². The molecule has 3 heterocycles. The van der Waals surface area contributed by atoms with Crippen LogP contribution in [0.2, 0.25) is 0 Å². The Hall–Kier alpha value is -2.67. The highest BCUT2D eigenvalue weighted by Crippen LogP contribution is 2.26. The van der Waals surface area contributed by atoms with Crippen LogP contribution in [-0.2, 0) is 11.4 Å². The maximum absolute atomic E-state index is 11.8. The quantitative estimate of drug-likeness (QED) is 0.710. The molecule has 7 heteroatoms. The van der Waals surface area contributed by atoms with Crippen molar-refractivity contribution in [3.63, 3.8) is 0 Å². The molecule has 0 aliphatic carbocycles. The van der Waals surface area contributed by atoms with Gasteiger partial charge in [0.15, 0.2) is 6.61 Å². The summed E-state index contributed by atoms with van der Waals surface area (Å²) in [5.41, 5.74) is 1.80. The first-order valence-electron chi connectivity index (χ1n) is 7.68. The number of aromatic nitrogens is 2. The summed E-state index contributed by atoms with van der Waals surface area (Å²) in [7, 11) is 0. The summed E-state index contributed by atoms with van der Waals surface area (Å²) in [6.45, 7) is 0.949. The van der Waals surface area contributed by atoms with Crippen LogP contribution in [0.25, 0.3) is 11.4 Å². The number of anilines is 1. The Balaban J connectivity index is 1.43. The normalized spacial score (nSPS) is 14.3. The monoisotopic (exact) mass is 341 g/mol. The van der Waals surface area contributed by atoms with Gasteiger partial charge in [-0.25, -0.2) is 0 Å². The van der Waals surface area contributed by atoms with Gasteiger partial charge < -0.3 is 14.2 Å². The molecule has 0 bridgehead atoms. The van der Waals surface area contributed by atoms with Crippen LogP contribution in [0.15, 0.2) is 45.6 Å². The fraction of sp³-hybridized carbons (Fsp3) is 0.235. The minimum absolute atomic E-state index is 0.157. The Bertz CT molecular complexity index is 844. The van der Waals surface area contributed by atoms with E-state index in [1.807, 2.05) is 41.1 Å². The lowest BCUT2D eigenvalue weighted by atomic mass is 10.3. The van der Waals surface area contributed by atoms with Gasteiger partial charge in [0.1, 0.15) is 5.75 Å². The van der Waals surface area contributed by atoms with Crippen LogP contribution in [-0.4, -0.2) is 22.6 Å². The van der Waals surface area contributed by atoms with Gasteiger partial charge in [-0.15, -0.1) is 0 Å². The number of ether oxygens (including phenoxy) is 1. The summed E-state index contributed by atoms with van der Waals surface area (Å²) in [5.74, 6) is 1.80. The van der Waals surface area contributed by atoms with Crippen LogP contribution < -0.4 is 9.64 Å². The minimum Gasteiger partial charge on any atom is -0.484 e. The Labute approximate surface area is 142 Å². The molecule has 122 valence electrons. The highest BCUT2D eigenvalue weighted by atomic mass is 32.1. The van der Waals surface area contributed by atoms with E-state index in [9.17, 15) is 4.79 Å². The Morgan fingerprint density at radius 3 is 3.08 bits per heavy atom. The molecule has 1 saturated heterocycles. The largest absolute Gasteiger partial charge is 0.484 e. The molecule has 0 atom stereocenters. The first-order valence-corrected chi connectivity index (χ1v) is 8.62. The zero-order chi connectivity index (χ0) is 16.4. The average molecular weight is 341 g/mol. The third-order valence-electron chi connectivity index (χ3n) is 3.81. The van der Waals surface area contributed by atoms with Crippen LogP contribution in [0.4, 0.5) is 5.69 Å². The molecule has 2 aromatic heterocycles. The number of thiophene rings is 1. The second kappa shape index (κ2) is 6.45. The molecule has 24 heavy (non-hydrogen) atoms. The molecule has 4 rings (SSSR count). The second-order valence-electron chi connectivity index (χ2n) is 5.46. The fourth-order valence-corrected chi connectivity index (χ4v) is 3.26. The number of rotatable bonds is 5. The van der Waals surface area contributed by atoms with Crippen molar-refractivity contribution in [2.75, 3.05) is 11.4 Å². The lowest BCUT2D eigenvalue weighted by molar-refractivity contribution is -0.117. The Morgan fingerprint density at radius 2 is 2.29 bits per heavy atom. The van der Waals surface area contributed by atoms with Crippen molar-refractivity contribution in [1.82, 2.24) is 10.1 Å². The fourth-order valence-electron chi connectivity index (χ4n) is 2.63. The van der Waals surface area contributed by atoms with E-state index in [4.69, 9.17) is 9.26 Å². The average Bonchev–Trinajstić information content (AvgIpc) is 3.34. The molecule has 0 radical (unpaired) electrons. The van der Waals surface area contributed by atoms with Crippen LogP contribution in [0, 0.1) is 0 Å². The van der Waals surface area contributed by atoms with E-state index >= 15 is 0 Å². The van der Waals surface area contributed by atoms with Gasteiger partial charge in [0.25, 0.3) is 5.89 Å². The molecular formula is C17H15N3O3S. The van der Waals surface area contributed by atoms with Crippen molar-refractivity contribution in [2.24, 2.45) is 0 Å². The number of nitrogens with zero attached hydrogens (tertiary/aromatic N) is 3. The second-order valence-corrected chi connectivity index (χ2v) is 6.24. The molecule has 3 aromatic rings. The Morgan fingerprint density at radius 1 is 1.33 bits per heavy atom. The van der Waals surface area contributed by atoms with Crippen LogP contribution >= 0.6 is 11.3 Å². The van der Waals surface area contributed by atoms with Crippen molar-refractivity contribution < 1.29 is 14.1 Å². The molecule has 1 aliphatic heterocycles. The molecule has 0 N–H and O–H groups in total. The molecule has 0 unspecified atom stereocenters. The standard InChI is InChI=1S/C17H15N3O3S/c21-16-5-2-7-20(16)13-3-1-4-14(9-13)22-10-15-18-17(19-23-15)12-6-8-24-11-12/h1,3-4,6,8-9,11H,2,5,7,10H2. The first-order chi connectivity index (χ1) is 11.8. The molecule has 0 spiro atoms. The van der Waals surface area contributed by atoms with E-state index in [2.05, 4.69) is 10.1 Å². The van der Waals surface area contributed by atoms with E-state index in [0.717, 1.165) is 24.2 Å². The Kier molecular flexibility index (Phi) is 4.00. The van der Waals surface area contributed by atoms with Crippen LogP contribution in [0.5, 0.6) is 5.75 Å². The van der Waals surface area contributed by atoms with Crippen molar-refractivity contribution in [3.05, 3.63) is 47.0 Å². The summed E-state index contributed by atoms with van der Waals surface area (Å²) in [6.07, 6.45) is 1.51. The van der Waals surface area contributed by atoms with E-state index in [1.165, 1.54) is 0 Å². The summed E-state index contributed by atoms with van der Waals surface area (Å²) < 4.78 is 10.9. The minimum atomic E-state index is 0.157. The molecule has 0 saturated carbocycles. The van der Waals surface area contributed by atoms with Crippen molar-refractivity contribution in [1.29, 1.82) is 0 Å². The van der Waals surface area contributed by atoms with Crippen molar-refractivity contribution >= 4 is 22.9 Å². The summed E-state index contributed by atoms with van der Waals surface area (Å²) in [5, 5.41) is 7.88. The van der Waals surface area contributed by atoms with Gasteiger partial charge in [0.05, 0.1) is 0 Å². The molecule has 1 fully saturated rings. The summed E-state index contributed by atoms with van der Waals surface area (Å²) in [6, 6.07) is 9.44. The number of hydrogen-bond acceptors (Lipinski definition) is 6. The predicted molar refractivity (Wildman–Crippen MR) is 90.0 cm³/mol.